The molecule has 0 aliphatic carbocycles. The van der Waals surface area contributed by atoms with Crippen molar-refractivity contribution in [2.45, 2.75) is 38.1 Å². The molecular weight excluding hydrogens is 196 g/mol. The van der Waals surface area contributed by atoms with Gasteiger partial charge in [0.15, 0.2) is 0 Å². The number of carbonyl (C=O) groups excluding carboxylic acids is 2. The smallest absolute Gasteiger partial charge is 0.240 e. The van der Waals surface area contributed by atoms with Crippen molar-refractivity contribution in [3.63, 3.8) is 0 Å². The van der Waals surface area contributed by atoms with E-state index in [9.17, 15) is 9.59 Å². The molecule has 0 aromatic heterocycles. The van der Waals surface area contributed by atoms with Gasteiger partial charge in [-0.05, 0) is 25.7 Å². The molecule has 1 saturated heterocycles. The third kappa shape index (κ3) is 3.20. The van der Waals surface area contributed by atoms with Gasteiger partial charge in [0.1, 0.15) is 6.04 Å². The summed E-state index contributed by atoms with van der Waals surface area (Å²) in [6, 6.07) is -0.411. The maximum Gasteiger partial charge on any atom is 0.240 e. The summed E-state index contributed by atoms with van der Waals surface area (Å²) < 4.78 is 0. The lowest BCUT2D eigenvalue weighted by Gasteiger charge is -2.22. The molecule has 5 heteroatoms. The second-order valence-electron chi connectivity index (χ2n) is 3.83. The highest BCUT2D eigenvalue weighted by Crippen LogP contribution is 2.18. The molecule has 1 rings (SSSR count). The summed E-state index contributed by atoms with van der Waals surface area (Å²) in [5, 5.41) is 8.59. The van der Waals surface area contributed by atoms with Crippen LogP contribution in [0.4, 0.5) is 0 Å². The number of nitrogens with zero attached hydrogens (tertiary/aromatic N) is 1. The zero-order valence-electron chi connectivity index (χ0n) is 8.82. The van der Waals surface area contributed by atoms with Crippen molar-refractivity contribution in [3.05, 3.63) is 0 Å². The van der Waals surface area contributed by atoms with Crippen molar-refractivity contribution in [1.29, 1.82) is 0 Å². The predicted octanol–water partition coefficient (Wildman–Crippen LogP) is -0.375. The molecule has 0 saturated carbocycles. The maximum absolute atomic E-state index is 11.7. The van der Waals surface area contributed by atoms with Crippen LogP contribution in [0.15, 0.2) is 0 Å². The standard InChI is InChI=1S/C10H18N2O3/c11-10(15)8-4-3-6-12(8)9(14)5-1-2-7-13/h8,13H,1-7H2,(H2,11,15). The van der Waals surface area contributed by atoms with Crippen molar-refractivity contribution < 1.29 is 14.7 Å². The number of unbranched alkanes of at least 4 members (excludes halogenated alkanes) is 1. The molecule has 15 heavy (non-hydrogen) atoms. The summed E-state index contributed by atoms with van der Waals surface area (Å²) in [5.74, 6) is -0.437. The highest BCUT2D eigenvalue weighted by molar-refractivity contribution is 5.87. The van der Waals surface area contributed by atoms with Gasteiger partial charge in [-0.3, -0.25) is 9.59 Å². The van der Waals surface area contributed by atoms with E-state index in [1.807, 2.05) is 0 Å². The Morgan fingerprint density at radius 2 is 2.13 bits per heavy atom. The first-order chi connectivity index (χ1) is 7.16. The van der Waals surface area contributed by atoms with E-state index in [2.05, 4.69) is 0 Å². The lowest BCUT2D eigenvalue weighted by Crippen LogP contribution is -2.43. The monoisotopic (exact) mass is 214 g/mol. The molecule has 0 spiro atoms. The molecule has 0 radical (unpaired) electrons. The Labute approximate surface area is 89.2 Å². The first kappa shape index (κ1) is 12.0. The fourth-order valence-corrected chi connectivity index (χ4v) is 1.89. The summed E-state index contributed by atoms with van der Waals surface area (Å²) >= 11 is 0. The topological polar surface area (TPSA) is 83.6 Å². The van der Waals surface area contributed by atoms with Crippen LogP contribution in [0.1, 0.15) is 32.1 Å². The number of amides is 2. The van der Waals surface area contributed by atoms with Crippen LogP contribution < -0.4 is 5.73 Å². The Bertz CT molecular complexity index is 243. The second-order valence-corrected chi connectivity index (χ2v) is 3.83. The van der Waals surface area contributed by atoms with Gasteiger partial charge in [0.25, 0.3) is 0 Å². The summed E-state index contributed by atoms with van der Waals surface area (Å²) in [7, 11) is 0. The number of primary amides is 1. The van der Waals surface area contributed by atoms with E-state index >= 15 is 0 Å². The van der Waals surface area contributed by atoms with Crippen molar-refractivity contribution >= 4 is 11.8 Å². The van der Waals surface area contributed by atoms with E-state index in [0.717, 1.165) is 6.42 Å². The second kappa shape index (κ2) is 5.70. The third-order valence-corrected chi connectivity index (χ3v) is 2.70. The quantitative estimate of drug-likeness (QED) is 0.612. The normalized spacial score (nSPS) is 20.6. The summed E-state index contributed by atoms with van der Waals surface area (Å²) in [6.07, 6.45) is 3.21. The third-order valence-electron chi connectivity index (χ3n) is 2.70. The number of hydrogen-bond acceptors (Lipinski definition) is 3. The van der Waals surface area contributed by atoms with Gasteiger partial charge in [0.05, 0.1) is 0 Å². The van der Waals surface area contributed by atoms with Gasteiger partial charge in [-0.25, -0.2) is 0 Å². The highest BCUT2D eigenvalue weighted by atomic mass is 16.3. The Morgan fingerprint density at radius 1 is 1.40 bits per heavy atom. The zero-order chi connectivity index (χ0) is 11.3. The minimum atomic E-state index is -0.414. The lowest BCUT2D eigenvalue weighted by molar-refractivity contribution is -0.137. The summed E-state index contributed by atoms with van der Waals surface area (Å²) in [4.78, 5) is 24.3. The predicted molar refractivity (Wildman–Crippen MR) is 54.9 cm³/mol. The van der Waals surface area contributed by atoms with Crippen molar-refractivity contribution in [1.82, 2.24) is 4.90 Å². The molecule has 1 aliphatic rings. The molecule has 86 valence electrons. The number of nitrogens with two attached hydrogens (primary N) is 1. The van der Waals surface area contributed by atoms with E-state index in [1.165, 1.54) is 0 Å². The average molecular weight is 214 g/mol. The van der Waals surface area contributed by atoms with E-state index in [1.54, 1.807) is 4.90 Å². The van der Waals surface area contributed by atoms with Crippen molar-refractivity contribution in [2.24, 2.45) is 5.73 Å². The van der Waals surface area contributed by atoms with Crippen LogP contribution in [0, 0.1) is 0 Å². The van der Waals surface area contributed by atoms with Crippen LogP contribution in [0.2, 0.25) is 0 Å². The Morgan fingerprint density at radius 3 is 2.73 bits per heavy atom. The first-order valence-corrected chi connectivity index (χ1v) is 5.36. The molecule has 0 aromatic carbocycles. The van der Waals surface area contributed by atoms with Crippen LogP contribution in [0.3, 0.4) is 0 Å². The fraction of sp³-hybridized carbons (Fsp3) is 0.800. The lowest BCUT2D eigenvalue weighted by atomic mass is 10.2. The van der Waals surface area contributed by atoms with E-state index in [0.29, 0.717) is 32.2 Å². The van der Waals surface area contributed by atoms with Gasteiger partial charge in [0, 0.05) is 19.6 Å². The van der Waals surface area contributed by atoms with Crippen molar-refractivity contribution in [3.8, 4) is 0 Å². The van der Waals surface area contributed by atoms with E-state index < -0.39 is 11.9 Å². The largest absolute Gasteiger partial charge is 0.396 e. The molecule has 1 heterocycles. The fourth-order valence-electron chi connectivity index (χ4n) is 1.89. The number of likely N-dealkylation sites (tertiary alicyclic amines) is 1. The minimum Gasteiger partial charge on any atom is -0.396 e. The van der Waals surface area contributed by atoms with Gasteiger partial charge in [0.2, 0.25) is 11.8 Å². The molecule has 0 bridgehead atoms. The molecular formula is C10H18N2O3. The Hall–Kier alpha value is -1.10. The molecule has 2 amide bonds. The number of aliphatic hydroxyl groups excluding tert-OH is 1. The van der Waals surface area contributed by atoms with E-state index in [4.69, 9.17) is 10.8 Å². The molecule has 1 unspecified atom stereocenters. The van der Waals surface area contributed by atoms with E-state index in [-0.39, 0.29) is 12.5 Å². The zero-order valence-corrected chi connectivity index (χ0v) is 8.82. The molecule has 5 nitrogen and oxygen atoms in total. The first-order valence-electron chi connectivity index (χ1n) is 5.36. The van der Waals surface area contributed by atoms with Crippen LogP contribution >= 0.6 is 0 Å². The summed E-state index contributed by atoms with van der Waals surface area (Å²) in [6.45, 7) is 0.734. The van der Waals surface area contributed by atoms with Crippen LogP contribution in [-0.2, 0) is 9.59 Å². The molecule has 3 N–H and O–H groups in total. The number of aliphatic hydroxyl groups is 1. The summed E-state index contributed by atoms with van der Waals surface area (Å²) in [5.41, 5.74) is 5.21. The Kier molecular flexibility index (Phi) is 4.55. The van der Waals surface area contributed by atoms with Crippen LogP contribution in [0.25, 0.3) is 0 Å². The van der Waals surface area contributed by atoms with Crippen LogP contribution in [-0.4, -0.2) is 41.0 Å². The van der Waals surface area contributed by atoms with Gasteiger partial charge >= 0.3 is 0 Å². The van der Waals surface area contributed by atoms with Gasteiger partial charge < -0.3 is 15.7 Å². The number of carbonyl (C=O) groups is 2. The van der Waals surface area contributed by atoms with Gasteiger partial charge in [-0.2, -0.15) is 0 Å². The van der Waals surface area contributed by atoms with Crippen molar-refractivity contribution in [2.75, 3.05) is 13.2 Å². The number of hydrogen-bond donors (Lipinski definition) is 2. The molecule has 0 aromatic rings. The Balaban J connectivity index is 2.40. The SMILES string of the molecule is NC(=O)C1CCCN1C(=O)CCCCO. The highest BCUT2D eigenvalue weighted by Gasteiger charge is 2.31. The van der Waals surface area contributed by atoms with Crippen LogP contribution in [0.5, 0.6) is 0 Å². The molecule has 1 fully saturated rings. The molecule has 1 aliphatic heterocycles. The van der Waals surface area contributed by atoms with Gasteiger partial charge in [-0.15, -0.1) is 0 Å². The number of rotatable bonds is 5. The maximum atomic E-state index is 11.7. The van der Waals surface area contributed by atoms with Gasteiger partial charge in [-0.1, -0.05) is 0 Å². The minimum absolute atomic E-state index is 0.0234. The average Bonchev–Trinajstić information content (AvgIpc) is 2.66. The molecule has 1 atom stereocenters.